The van der Waals surface area contributed by atoms with Gasteiger partial charge in [-0.2, -0.15) is 0 Å². The minimum absolute atomic E-state index is 0.673. The highest BCUT2D eigenvalue weighted by Gasteiger charge is 2.09. The van der Waals surface area contributed by atoms with E-state index in [1.54, 1.807) is 14.2 Å². The molecular weight excluding hydrogens is 300 g/mol. The van der Waals surface area contributed by atoms with Crippen LogP contribution in [0.3, 0.4) is 0 Å². The van der Waals surface area contributed by atoms with Gasteiger partial charge in [-0.25, -0.2) is 0 Å². The zero-order chi connectivity index (χ0) is 17.0. The molecule has 1 aromatic carbocycles. The van der Waals surface area contributed by atoms with Crippen LogP contribution in [0, 0.1) is 0 Å². The van der Waals surface area contributed by atoms with E-state index >= 15 is 0 Å². The summed E-state index contributed by atoms with van der Waals surface area (Å²) < 4.78 is 5.05. The van der Waals surface area contributed by atoms with Crippen molar-refractivity contribution in [3.63, 3.8) is 0 Å². The van der Waals surface area contributed by atoms with Crippen molar-refractivity contribution < 1.29 is 4.74 Å². The molecule has 0 saturated carbocycles. The van der Waals surface area contributed by atoms with E-state index in [2.05, 4.69) is 44.8 Å². The monoisotopic (exact) mass is 332 g/mol. The van der Waals surface area contributed by atoms with E-state index in [4.69, 9.17) is 4.74 Å². The third-order valence-corrected chi connectivity index (χ3v) is 4.38. The summed E-state index contributed by atoms with van der Waals surface area (Å²) in [6.07, 6.45) is 5.45. The van der Waals surface area contributed by atoms with Gasteiger partial charge in [0.2, 0.25) is 0 Å². The number of guanidine groups is 1. The first-order valence-corrected chi connectivity index (χ1v) is 9.05. The van der Waals surface area contributed by atoms with Gasteiger partial charge >= 0.3 is 0 Å². The van der Waals surface area contributed by atoms with Gasteiger partial charge < -0.3 is 15.4 Å². The predicted molar refractivity (Wildman–Crippen MR) is 100 cm³/mol. The van der Waals surface area contributed by atoms with Gasteiger partial charge in [0.1, 0.15) is 0 Å². The van der Waals surface area contributed by atoms with E-state index in [1.807, 2.05) is 0 Å². The molecule has 0 radical (unpaired) electrons. The lowest BCUT2D eigenvalue weighted by Crippen LogP contribution is -2.38. The van der Waals surface area contributed by atoms with Crippen LogP contribution >= 0.6 is 0 Å². The largest absolute Gasteiger partial charge is 0.383 e. The van der Waals surface area contributed by atoms with Crippen molar-refractivity contribution in [2.75, 3.05) is 40.4 Å². The summed E-state index contributed by atoms with van der Waals surface area (Å²) >= 11 is 0. The van der Waals surface area contributed by atoms with Gasteiger partial charge in [0.25, 0.3) is 0 Å². The summed E-state index contributed by atoms with van der Waals surface area (Å²) in [7, 11) is 3.49. The summed E-state index contributed by atoms with van der Waals surface area (Å²) in [4.78, 5) is 6.82. The molecule has 2 rings (SSSR count). The average molecular weight is 332 g/mol. The molecule has 134 valence electrons. The molecule has 1 heterocycles. The van der Waals surface area contributed by atoms with Gasteiger partial charge in [0.05, 0.1) is 6.61 Å². The highest BCUT2D eigenvalue weighted by atomic mass is 16.5. The van der Waals surface area contributed by atoms with Crippen molar-refractivity contribution in [3.05, 3.63) is 35.4 Å². The van der Waals surface area contributed by atoms with Crippen LogP contribution in [0.5, 0.6) is 0 Å². The first kappa shape index (κ1) is 18.7. The number of aliphatic imine (C=N–C) groups is 1. The molecule has 1 saturated heterocycles. The first-order valence-electron chi connectivity index (χ1n) is 9.05. The van der Waals surface area contributed by atoms with Gasteiger partial charge in [-0.05, 0) is 37.1 Å². The second-order valence-electron chi connectivity index (χ2n) is 6.36. The van der Waals surface area contributed by atoms with Gasteiger partial charge in [-0.3, -0.25) is 9.89 Å². The lowest BCUT2D eigenvalue weighted by atomic mass is 10.1. The third kappa shape index (κ3) is 6.89. The van der Waals surface area contributed by atoms with Crippen molar-refractivity contribution >= 4 is 5.96 Å². The molecular formula is C19H32N4O. The normalized spacial score (nSPS) is 16.7. The van der Waals surface area contributed by atoms with Crippen LogP contribution in [-0.4, -0.2) is 51.3 Å². The van der Waals surface area contributed by atoms with E-state index in [0.29, 0.717) is 6.61 Å². The minimum Gasteiger partial charge on any atom is -0.383 e. The summed E-state index contributed by atoms with van der Waals surface area (Å²) in [5.74, 6) is 0.810. The first-order chi connectivity index (χ1) is 11.8. The molecule has 0 spiro atoms. The molecule has 0 bridgehead atoms. The maximum absolute atomic E-state index is 5.05. The Balaban J connectivity index is 1.83. The standard InChI is InChI=1S/C19H32N4O/c1-20-19(21-10-13-24-2)22-15-17-8-7-9-18(14-17)16-23-11-5-3-4-6-12-23/h7-9,14H,3-6,10-13,15-16H2,1-2H3,(H2,20,21,22). The van der Waals surface area contributed by atoms with Crippen LogP contribution in [0.15, 0.2) is 29.3 Å². The molecule has 1 aliphatic heterocycles. The fraction of sp³-hybridized carbons (Fsp3) is 0.632. The Hall–Kier alpha value is -1.59. The summed E-state index contributed by atoms with van der Waals surface area (Å²) in [6.45, 7) is 5.74. The molecule has 0 atom stereocenters. The molecule has 1 aromatic rings. The van der Waals surface area contributed by atoms with E-state index in [-0.39, 0.29) is 0 Å². The Labute approximate surface area is 146 Å². The Morgan fingerprint density at radius 1 is 1.12 bits per heavy atom. The quantitative estimate of drug-likeness (QED) is 0.457. The van der Waals surface area contributed by atoms with Crippen molar-refractivity contribution in [2.24, 2.45) is 4.99 Å². The molecule has 1 aliphatic rings. The fourth-order valence-corrected chi connectivity index (χ4v) is 3.07. The molecule has 2 N–H and O–H groups in total. The highest BCUT2D eigenvalue weighted by molar-refractivity contribution is 5.79. The molecule has 5 heteroatoms. The lowest BCUT2D eigenvalue weighted by Gasteiger charge is -2.20. The van der Waals surface area contributed by atoms with E-state index in [9.17, 15) is 0 Å². The Morgan fingerprint density at radius 2 is 1.88 bits per heavy atom. The van der Waals surface area contributed by atoms with Crippen molar-refractivity contribution in [2.45, 2.75) is 38.8 Å². The van der Waals surface area contributed by atoms with Gasteiger partial charge in [-0.15, -0.1) is 0 Å². The third-order valence-electron chi connectivity index (χ3n) is 4.38. The van der Waals surface area contributed by atoms with Crippen molar-refractivity contribution in [1.82, 2.24) is 15.5 Å². The molecule has 0 unspecified atom stereocenters. The smallest absolute Gasteiger partial charge is 0.191 e. The highest BCUT2D eigenvalue weighted by Crippen LogP contribution is 2.14. The number of ether oxygens (including phenoxy) is 1. The molecule has 5 nitrogen and oxygen atoms in total. The number of rotatable bonds is 7. The number of hydrogen-bond donors (Lipinski definition) is 2. The predicted octanol–water partition coefficient (Wildman–Crippen LogP) is 2.37. The number of methoxy groups -OCH3 is 1. The van der Waals surface area contributed by atoms with Crippen LogP contribution in [0.2, 0.25) is 0 Å². The van der Waals surface area contributed by atoms with Crippen LogP contribution in [0.4, 0.5) is 0 Å². The molecule has 0 aliphatic carbocycles. The number of hydrogen-bond acceptors (Lipinski definition) is 3. The number of likely N-dealkylation sites (tertiary alicyclic amines) is 1. The Bertz CT molecular complexity index is 496. The number of nitrogens with zero attached hydrogens (tertiary/aromatic N) is 2. The summed E-state index contributed by atoms with van der Waals surface area (Å²) in [5, 5.41) is 6.59. The zero-order valence-corrected chi connectivity index (χ0v) is 15.2. The maximum Gasteiger partial charge on any atom is 0.191 e. The van der Waals surface area contributed by atoms with Gasteiger partial charge in [0.15, 0.2) is 5.96 Å². The fourth-order valence-electron chi connectivity index (χ4n) is 3.07. The van der Waals surface area contributed by atoms with Gasteiger partial charge in [-0.1, -0.05) is 37.1 Å². The summed E-state index contributed by atoms with van der Waals surface area (Å²) in [5.41, 5.74) is 2.69. The van der Waals surface area contributed by atoms with Gasteiger partial charge in [0, 0.05) is 33.8 Å². The SMILES string of the molecule is CN=C(NCCOC)NCc1cccc(CN2CCCCCC2)c1. The van der Waals surface area contributed by atoms with Crippen LogP contribution < -0.4 is 10.6 Å². The van der Waals surface area contributed by atoms with E-state index in [1.165, 1.54) is 49.9 Å². The molecule has 1 fully saturated rings. The summed E-state index contributed by atoms with van der Waals surface area (Å²) in [6, 6.07) is 8.87. The molecule has 0 amide bonds. The van der Waals surface area contributed by atoms with Crippen molar-refractivity contribution in [3.8, 4) is 0 Å². The van der Waals surface area contributed by atoms with E-state index in [0.717, 1.165) is 25.6 Å². The Morgan fingerprint density at radius 3 is 2.58 bits per heavy atom. The lowest BCUT2D eigenvalue weighted by molar-refractivity contribution is 0.203. The molecule has 0 aromatic heterocycles. The Kier molecular flexibility index (Phi) is 8.63. The zero-order valence-electron chi connectivity index (χ0n) is 15.2. The number of nitrogens with one attached hydrogen (secondary N) is 2. The van der Waals surface area contributed by atoms with Crippen LogP contribution in [0.1, 0.15) is 36.8 Å². The second kappa shape index (κ2) is 11.0. The maximum atomic E-state index is 5.05. The van der Waals surface area contributed by atoms with Crippen molar-refractivity contribution in [1.29, 1.82) is 0 Å². The van der Waals surface area contributed by atoms with Crippen LogP contribution in [0.25, 0.3) is 0 Å². The second-order valence-corrected chi connectivity index (χ2v) is 6.36. The minimum atomic E-state index is 0.673. The topological polar surface area (TPSA) is 48.9 Å². The molecule has 24 heavy (non-hydrogen) atoms. The van der Waals surface area contributed by atoms with Crippen LogP contribution in [-0.2, 0) is 17.8 Å². The average Bonchev–Trinajstić information content (AvgIpc) is 2.87. The van der Waals surface area contributed by atoms with E-state index < -0.39 is 0 Å². The number of benzene rings is 1.